The number of benzene rings is 1. The van der Waals surface area contributed by atoms with Crippen LogP contribution in [0.25, 0.3) is 0 Å². The molecule has 88 valence electrons. The van der Waals surface area contributed by atoms with Gasteiger partial charge < -0.3 is 10.6 Å². The summed E-state index contributed by atoms with van der Waals surface area (Å²) in [6.07, 6.45) is 2.34. The third-order valence-electron chi connectivity index (χ3n) is 3.19. The predicted molar refractivity (Wildman–Crippen MR) is 63.8 cm³/mol. The van der Waals surface area contributed by atoms with E-state index in [0.29, 0.717) is 12.1 Å². The SMILES string of the molecule is C[C@H](NC1CCNCC1)c1ccc(F)cc1. The molecule has 0 amide bonds. The summed E-state index contributed by atoms with van der Waals surface area (Å²) in [6, 6.07) is 7.64. The Hall–Kier alpha value is -0.930. The molecule has 2 nitrogen and oxygen atoms in total. The lowest BCUT2D eigenvalue weighted by Crippen LogP contribution is -2.40. The van der Waals surface area contributed by atoms with Gasteiger partial charge in [-0.2, -0.15) is 0 Å². The van der Waals surface area contributed by atoms with E-state index in [-0.39, 0.29) is 5.82 Å². The van der Waals surface area contributed by atoms with Gasteiger partial charge in [-0.15, -0.1) is 0 Å². The van der Waals surface area contributed by atoms with Gasteiger partial charge in [-0.05, 0) is 50.6 Å². The number of hydrogen-bond acceptors (Lipinski definition) is 2. The molecular weight excluding hydrogens is 203 g/mol. The number of nitrogens with one attached hydrogen (secondary N) is 2. The van der Waals surface area contributed by atoms with Gasteiger partial charge in [0.05, 0.1) is 0 Å². The molecule has 3 heteroatoms. The van der Waals surface area contributed by atoms with Gasteiger partial charge in [0, 0.05) is 12.1 Å². The molecule has 1 atom stereocenters. The van der Waals surface area contributed by atoms with E-state index in [0.717, 1.165) is 18.7 Å². The molecule has 0 aliphatic carbocycles. The van der Waals surface area contributed by atoms with Crippen LogP contribution in [0.1, 0.15) is 31.4 Å². The Bertz CT molecular complexity index is 317. The van der Waals surface area contributed by atoms with Crippen LogP contribution in [0.5, 0.6) is 0 Å². The minimum Gasteiger partial charge on any atom is -0.317 e. The Balaban J connectivity index is 1.91. The molecule has 1 aromatic carbocycles. The van der Waals surface area contributed by atoms with Crippen molar-refractivity contribution in [2.45, 2.75) is 31.8 Å². The zero-order valence-corrected chi connectivity index (χ0v) is 9.67. The molecule has 0 aromatic heterocycles. The van der Waals surface area contributed by atoms with Crippen molar-refractivity contribution >= 4 is 0 Å². The van der Waals surface area contributed by atoms with Gasteiger partial charge in [-0.3, -0.25) is 0 Å². The number of rotatable bonds is 3. The van der Waals surface area contributed by atoms with Crippen LogP contribution in [0.15, 0.2) is 24.3 Å². The first-order valence-corrected chi connectivity index (χ1v) is 5.98. The van der Waals surface area contributed by atoms with Crippen molar-refractivity contribution in [3.05, 3.63) is 35.6 Å². The zero-order valence-electron chi connectivity index (χ0n) is 9.67. The Kier molecular flexibility index (Phi) is 3.91. The average molecular weight is 222 g/mol. The van der Waals surface area contributed by atoms with Crippen LogP contribution in [0, 0.1) is 5.82 Å². The predicted octanol–water partition coefficient (Wildman–Crippen LogP) is 2.23. The summed E-state index contributed by atoms with van der Waals surface area (Å²) in [5.41, 5.74) is 1.15. The number of piperidine rings is 1. The number of hydrogen-bond donors (Lipinski definition) is 2. The van der Waals surface area contributed by atoms with Crippen LogP contribution in [0.4, 0.5) is 4.39 Å². The molecule has 0 radical (unpaired) electrons. The fourth-order valence-corrected chi connectivity index (χ4v) is 2.19. The van der Waals surface area contributed by atoms with Gasteiger partial charge in [0.15, 0.2) is 0 Å². The van der Waals surface area contributed by atoms with Crippen LogP contribution >= 0.6 is 0 Å². The molecule has 1 heterocycles. The van der Waals surface area contributed by atoms with Crippen molar-refractivity contribution in [2.75, 3.05) is 13.1 Å². The van der Waals surface area contributed by atoms with E-state index >= 15 is 0 Å². The molecule has 2 rings (SSSR count). The summed E-state index contributed by atoms with van der Waals surface area (Å²) in [5.74, 6) is -0.169. The summed E-state index contributed by atoms with van der Waals surface area (Å²) < 4.78 is 12.8. The smallest absolute Gasteiger partial charge is 0.123 e. The molecule has 2 N–H and O–H groups in total. The zero-order chi connectivity index (χ0) is 11.4. The quantitative estimate of drug-likeness (QED) is 0.819. The second-order valence-corrected chi connectivity index (χ2v) is 4.46. The van der Waals surface area contributed by atoms with Gasteiger partial charge >= 0.3 is 0 Å². The lowest BCUT2D eigenvalue weighted by atomic mass is 10.0. The van der Waals surface area contributed by atoms with E-state index in [2.05, 4.69) is 17.6 Å². The van der Waals surface area contributed by atoms with Crippen LogP contribution in [0.3, 0.4) is 0 Å². The fourth-order valence-electron chi connectivity index (χ4n) is 2.19. The highest BCUT2D eigenvalue weighted by Gasteiger charge is 2.15. The van der Waals surface area contributed by atoms with Crippen molar-refractivity contribution in [2.24, 2.45) is 0 Å². The Labute approximate surface area is 96.2 Å². The molecule has 1 aliphatic rings. The maximum atomic E-state index is 12.8. The van der Waals surface area contributed by atoms with Crippen LogP contribution in [-0.4, -0.2) is 19.1 Å². The highest BCUT2D eigenvalue weighted by Crippen LogP contribution is 2.15. The van der Waals surface area contributed by atoms with Crippen LogP contribution < -0.4 is 10.6 Å². The first kappa shape index (κ1) is 11.6. The van der Waals surface area contributed by atoms with Gasteiger partial charge in [-0.1, -0.05) is 12.1 Å². The molecule has 1 saturated heterocycles. The van der Waals surface area contributed by atoms with Crippen molar-refractivity contribution in [1.82, 2.24) is 10.6 Å². The number of halogens is 1. The largest absolute Gasteiger partial charge is 0.317 e. The third-order valence-corrected chi connectivity index (χ3v) is 3.19. The molecule has 1 fully saturated rings. The van der Waals surface area contributed by atoms with E-state index in [9.17, 15) is 4.39 Å². The summed E-state index contributed by atoms with van der Waals surface area (Å²) in [7, 11) is 0. The topological polar surface area (TPSA) is 24.1 Å². The highest BCUT2D eigenvalue weighted by molar-refractivity contribution is 5.19. The second kappa shape index (κ2) is 5.41. The summed E-state index contributed by atoms with van der Waals surface area (Å²) in [5, 5.41) is 6.94. The second-order valence-electron chi connectivity index (χ2n) is 4.46. The molecule has 0 bridgehead atoms. The minimum absolute atomic E-state index is 0.169. The first-order valence-electron chi connectivity index (χ1n) is 5.98. The van der Waals surface area contributed by atoms with E-state index in [1.165, 1.54) is 25.0 Å². The molecule has 1 aliphatic heterocycles. The van der Waals surface area contributed by atoms with Crippen LogP contribution in [0.2, 0.25) is 0 Å². The fraction of sp³-hybridized carbons (Fsp3) is 0.538. The highest BCUT2D eigenvalue weighted by atomic mass is 19.1. The molecule has 0 spiro atoms. The minimum atomic E-state index is -0.169. The van der Waals surface area contributed by atoms with Crippen molar-refractivity contribution in [3.63, 3.8) is 0 Å². The standard InChI is InChI=1S/C13H19FN2/c1-10(11-2-4-12(14)5-3-11)16-13-6-8-15-9-7-13/h2-5,10,13,15-16H,6-9H2,1H3/t10-/m0/s1. The van der Waals surface area contributed by atoms with Crippen molar-refractivity contribution < 1.29 is 4.39 Å². The van der Waals surface area contributed by atoms with E-state index in [4.69, 9.17) is 0 Å². The van der Waals surface area contributed by atoms with Crippen molar-refractivity contribution in [3.8, 4) is 0 Å². The van der Waals surface area contributed by atoms with E-state index < -0.39 is 0 Å². The summed E-state index contributed by atoms with van der Waals surface area (Å²) >= 11 is 0. The van der Waals surface area contributed by atoms with Crippen molar-refractivity contribution in [1.29, 1.82) is 0 Å². The van der Waals surface area contributed by atoms with Gasteiger partial charge in [0.1, 0.15) is 5.82 Å². The lowest BCUT2D eigenvalue weighted by molar-refractivity contribution is 0.359. The van der Waals surface area contributed by atoms with Crippen LogP contribution in [-0.2, 0) is 0 Å². The van der Waals surface area contributed by atoms with E-state index in [1.54, 1.807) is 0 Å². The van der Waals surface area contributed by atoms with Gasteiger partial charge in [0.2, 0.25) is 0 Å². The maximum absolute atomic E-state index is 12.8. The van der Waals surface area contributed by atoms with E-state index in [1.807, 2.05) is 12.1 Å². The summed E-state index contributed by atoms with van der Waals surface area (Å²) in [6.45, 7) is 4.32. The Morgan fingerprint density at radius 1 is 1.25 bits per heavy atom. The molecule has 16 heavy (non-hydrogen) atoms. The normalized spacial score (nSPS) is 19.6. The maximum Gasteiger partial charge on any atom is 0.123 e. The monoisotopic (exact) mass is 222 g/mol. The molecule has 0 unspecified atom stereocenters. The Morgan fingerprint density at radius 2 is 1.88 bits per heavy atom. The van der Waals surface area contributed by atoms with Gasteiger partial charge in [-0.25, -0.2) is 4.39 Å². The first-order chi connectivity index (χ1) is 7.75. The third kappa shape index (κ3) is 3.03. The summed E-state index contributed by atoms with van der Waals surface area (Å²) in [4.78, 5) is 0. The molecule has 0 saturated carbocycles. The lowest BCUT2D eigenvalue weighted by Gasteiger charge is -2.27. The Morgan fingerprint density at radius 3 is 2.50 bits per heavy atom. The van der Waals surface area contributed by atoms with Gasteiger partial charge in [0.25, 0.3) is 0 Å². The average Bonchev–Trinajstić information content (AvgIpc) is 2.31. The molecular formula is C13H19FN2. The molecule has 1 aromatic rings.